The largest absolute Gasteiger partial charge is 0.495 e. The molecule has 0 radical (unpaired) electrons. The van der Waals surface area contributed by atoms with Crippen molar-refractivity contribution in [2.24, 2.45) is 5.92 Å². The third-order valence-corrected chi connectivity index (χ3v) is 7.06. The molecule has 3 heterocycles. The fourth-order valence-corrected chi connectivity index (χ4v) is 5.65. The van der Waals surface area contributed by atoms with Crippen LogP contribution < -0.4 is 15.7 Å². The molecule has 0 bridgehead atoms. The Labute approximate surface area is 186 Å². The molecular formula is C21H20ClN5O3S. The number of thiophene rings is 1. The second kappa shape index (κ2) is 7.65. The van der Waals surface area contributed by atoms with Crippen LogP contribution >= 0.6 is 22.9 Å². The summed E-state index contributed by atoms with van der Waals surface area (Å²) in [5, 5.41) is 8.55. The Kier molecular flexibility index (Phi) is 4.94. The molecule has 0 fully saturated rings. The molecule has 10 heteroatoms. The van der Waals surface area contributed by atoms with Crippen LogP contribution in [0.5, 0.6) is 5.75 Å². The minimum absolute atomic E-state index is 0.213. The lowest BCUT2D eigenvalue weighted by Gasteiger charge is -2.17. The highest BCUT2D eigenvalue weighted by molar-refractivity contribution is 7.19. The van der Waals surface area contributed by atoms with Crippen molar-refractivity contribution < 1.29 is 9.53 Å². The summed E-state index contributed by atoms with van der Waals surface area (Å²) in [4.78, 5) is 32.1. The average Bonchev–Trinajstić information content (AvgIpc) is 3.25. The number of rotatable bonds is 4. The lowest BCUT2D eigenvalue weighted by molar-refractivity contribution is -0.117. The van der Waals surface area contributed by atoms with Gasteiger partial charge in [-0.2, -0.15) is 0 Å². The summed E-state index contributed by atoms with van der Waals surface area (Å²) >= 11 is 7.79. The number of hydrogen-bond acceptors (Lipinski definition) is 6. The highest BCUT2D eigenvalue weighted by atomic mass is 35.5. The molecule has 0 saturated carbocycles. The third kappa shape index (κ3) is 3.47. The Morgan fingerprint density at radius 2 is 2.26 bits per heavy atom. The van der Waals surface area contributed by atoms with E-state index in [1.165, 1.54) is 33.0 Å². The van der Waals surface area contributed by atoms with E-state index in [0.29, 0.717) is 28.0 Å². The first-order valence-corrected chi connectivity index (χ1v) is 11.2. The molecule has 0 saturated heterocycles. The van der Waals surface area contributed by atoms with E-state index in [1.807, 2.05) is 0 Å². The molecule has 0 spiro atoms. The number of aryl methyl sites for hydroxylation is 1. The summed E-state index contributed by atoms with van der Waals surface area (Å²) in [5.74, 6) is 0.782. The van der Waals surface area contributed by atoms with Crippen LogP contribution in [0.2, 0.25) is 5.02 Å². The Balaban J connectivity index is 1.47. The first-order valence-electron chi connectivity index (χ1n) is 9.96. The number of nitrogens with zero attached hydrogens (tertiary/aromatic N) is 4. The van der Waals surface area contributed by atoms with Crippen molar-refractivity contribution in [2.45, 2.75) is 32.7 Å². The van der Waals surface area contributed by atoms with Gasteiger partial charge in [-0.25, -0.2) is 18.9 Å². The minimum atomic E-state index is -0.392. The van der Waals surface area contributed by atoms with Crippen LogP contribution in [0.1, 0.15) is 23.8 Å². The number of ether oxygens (including phenoxy) is 1. The van der Waals surface area contributed by atoms with Gasteiger partial charge >= 0.3 is 5.69 Å². The summed E-state index contributed by atoms with van der Waals surface area (Å²) in [6.07, 6.45) is 4.59. The predicted molar refractivity (Wildman–Crippen MR) is 120 cm³/mol. The molecular weight excluding hydrogens is 438 g/mol. The van der Waals surface area contributed by atoms with Crippen molar-refractivity contribution >= 4 is 50.4 Å². The maximum absolute atomic E-state index is 12.8. The van der Waals surface area contributed by atoms with Crippen LogP contribution in [-0.4, -0.2) is 32.2 Å². The summed E-state index contributed by atoms with van der Waals surface area (Å²) in [6, 6.07) is 4.94. The third-order valence-electron chi connectivity index (χ3n) is 5.61. The van der Waals surface area contributed by atoms with Gasteiger partial charge in [0.15, 0.2) is 5.65 Å². The van der Waals surface area contributed by atoms with Crippen molar-refractivity contribution in [3.05, 3.63) is 50.5 Å². The van der Waals surface area contributed by atoms with E-state index in [0.717, 1.165) is 29.5 Å². The fourth-order valence-electron chi connectivity index (χ4n) is 4.05. The lowest BCUT2D eigenvalue weighted by Crippen LogP contribution is -2.28. The van der Waals surface area contributed by atoms with Crippen LogP contribution in [0.4, 0.5) is 5.69 Å². The van der Waals surface area contributed by atoms with E-state index in [4.69, 9.17) is 16.3 Å². The van der Waals surface area contributed by atoms with Crippen LogP contribution in [-0.2, 0) is 24.2 Å². The van der Waals surface area contributed by atoms with Gasteiger partial charge in [0.2, 0.25) is 5.91 Å². The second-order valence-electron chi connectivity index (χ2n) is 7.81. The molecule has 1 aliphatic rings. The zero-order valence-corrected chi connectivity index (χ0v) is 18.6. The van der Waals surface area contributed by atoms with Gasteiger partial charge in [0.1, 0.15) is 23.5 Å². The molecule has 3 aromatic heterocycles. The van der Waals surface area contributed by atoms with Gasteiger partial charge < -0.3 is 10.1 Å². The maximum atomic E-state index is 12.8. The standard InChI is InChI=1S/C21H20ClN5O3S/c1-11-3-5-13-16(7-11)31-20-18(13)19-25-27(21(29)26(19)10-23-20)9-17(28)24-12-4-6-15(30-2)14(22)8-12/h4,6,8,10-11H,3,5,7,9H2,1-2H3,(H,24,28)/t11-/m1/s1. The Bertz CT molecular complexity index is 1390. The smallest absolute Gasteiger partial charge is 0.352 e. The SMILES string of the molecule is COc1ccc(NC(=O)Cn2nc3c4c5c(sc4ncn3c2=O)C[C@H](C)CC5)cc1Cl. The molecule has 0 aliphatic heterocycles. The van der Waals surface area contributed by atoms with Crippen LogP contribution in [0, 0.1) is 5.92 Å². The van der Waals surface area contributed by atoms with Gasteiger partial charge in [-0.3, -0.25) is 4.79 Å². The van der Waals surface area contributed by atoms with E-state index in [9.17, 15) is 9.59 Å². The topological polar surface area (TPSA) is 90.5 Å². The number of amides is 1. The molecule has 1 aliphatic carbocycles. The number of fused-ring (bicyclic) bond motifs is 5. The van der Waals surface area contributed by atoms with Crippen LogP contribution in [0.15, 0.2) is 29.3 Å². The van der Waals surface area contributed by atoms with Gasteiger partial charge in [0, 0.05) is 10.6 Å². The number of nitrogens with one attached hydrogen (secondary N) is 1. The molecule has 4 aromatic rings. The number of carbonyl (C=O) groups is 1. The maximum Gasteiger partial charge on any atom is 0.352 e. The molecule has 1 N–H and O–H groups in total. The predicted octanol–water partition coefficient (Wildman–Crippen LogP) is 3.53. The quantitative estimate of drug-likeness (QED) is 0.506. The average molecular weight is 458 g/mol. The number of anilines is 1. The van der Waals surface area contributed by atoms with E-state index >= 15 is 0 Å². The van der Waals surface area contributed by atoms with E-state index in [2.05, 4.69) is 22.3 Å². The lowest BCUT2D eigenvalue weighted by atomic mass is 9.89. The zero-order valence-electron chi connectivity index (χ0n) is 17.0. The van der Waals surface area contributed by atoms with Crippen molar-refractivity contribution in [1.82, 2.24) is 19.2 Å². The molecule has 0 unspecified atom stereocenters. The molecule has 1 amide bonds. The van der Waals surface area contributed by atoms with Gasteiger partial charge in [0.25, 0.3) is 0 Å². The highest BCUT2D eigenvalue weighted by Gasteiger charge is 2.24. The van der Waals surface area contributed by atoms with Gasteiger partial charge in [0.05, 0.1) is 17.5 Å². The number of benzene rings is 1. The Morgan fingerprint density at radius 1 is 1.42 bits per heavy atom. The van der Waals surface area contributed by atoms with E-state index in [-0.39, 0.29) is 12.5 Å². The van der Waals surface area contributed by atoms with Crippen molar-refractivity contribution in [2.75, 3.05) is 12.4 Å². The monoisotopic (exact) mass is 457 g/mol. The summed E-state index contributed by atoms with van der Waals surface area (Å²) in [6.45, 7) is 2.04. The first-order chi connectivity index (χ1) is 14.9. The molecule has 160 valence electrons. The van der Waals surface area contributed by atoms with E-state index in [1.54, 1.807) is 29.5 Å². The van der Waals surface area contributed by atoms with Crippen molar-refractivity contribution in [3.8, 4) is 5.75 Å². The van der Waals surface area contributed by atoms with Gasteiger partial charge in [-0.1, -0.05) is 18.5 Å². The molecule has 1 atom stereocenters. The van der Waals surface area contributed by atoms with Gasteiger partial charge in [-0.15, -0.1) is 16.4 Å². The zero-order chi connectivity index (χ0) is 21.7. The van der Waals surface area contributed by atoms with Crippen molar-refractivity contribution in [3.63, 3.8) is 0 Å². The molecule has 5 rings (SSSR count). The Hall–Kier alpha value is -2.91. The summed E-state index contributed by atoms with van der Waals surface area (Å²) in [7, 11) is 1.52. The number of methoxy groups -OCH3 is 1. The number of hydrogen-bond donors (Lipinski definition) is 1. The first kappa shape index (κ1) is 20.0. The van der Waals surface area contributed by atoms with Crippen molar-refractivity contribution in [1.29, 1.82) is 0 Å². The normalized spacial score (nSPS) is 15.9. The summed E-state index contributed by atoms with van der Waals surface area (Å²) < 4.78 is 7.71. The van der Waals surface area contributed by atoms with Crippen LogP contribution in [0.3, 0.4) is 0 Å². The fraction of sp³-hybridized carbons (Fsp3) is 0.333. The van der Waals surface area contributed by atoms with Gasteiger partial charge in [-0.05, 0) is 48.9 Å². The highest BCUT2D eigenvalue weighted by Crippen LogP contribution is 2.38. The number of halogens is 1. The molecule has 8 nitrogen and oxygen atoms in total. The number of carbonyl (C=O) groups excluding carboxylic acids is 1. The van der Waals surface area contributed by atoms with Crippen LogP contribution in [0.25, 0.3) is 15.9 Å². The molecule has 1 aromatic carbocycles. The number of aromatic nitrogens is 4. The Morgan fingerprint density at radius 3 is 3.03 bits per heavy atom. The minimum Gasteiger partial charge on any atom is -0.495 e. The second-order valence-corrected chi connectivity index (χ2v) is 9.30. The molecule has 31 heavy (non-hydrogen) atoms. The summed E-state index contributed by atoms with van der Waals surface area (Å²) in [5.41, 5.74) is 1.92. The van der Waals surface area contributed by atoms with E-state index < -0.39 is 5.69 Å².